The Balaban J connectivity index is 1.74. The predicted molar refractivity (Wildman–Crippen MR) is 97.9 cm³/mol. The molecule has 26 heavy (non-hydrogen) atoms. The Bertz CT molecular complexity index is 955. The highest BCUT2D eigenvalue weighted by molar-refractivity contribution is 5.80. The van der Waals surface area contributed by atoms with Crippen LogP contribution in [-0.4, -0.2) is 26.8 Å². The van der Waals surface area contributed by atoms with E-state index in [1.165, 1.54) is 17.2 Å². The summed E-state index contributed by atoms with van der Waals surface area (Å²) in [4.78, 5) is 25.9. The van der Waals surface area contributed by atoms with E-state index >= 15 is 0 Å². The Hall–Kier alpha value is -2.89. The number of nitrogens with one attached hydrogen (secondary N) is 1. The summed E-state index contributed by atoms with van der Waals surface area (Å²) in [6, 6.07) is 10.3. The third-order valence-corrected chi connectivity index (χ3v) is 4.99. The molecule has 0 radical (unpaired) electrons. The number of fused-ring (bicyclic) bond motifs is 1. The maximum Gasteiger partial charge on any atom is 0.334 e. The number of nitrogens with zero attached hydrogens (tertiary/aromatic N) is 2. The normalized spacial score (nSPS) is 16.5. The molecule has 134 valence electrons. The molecule has 1 unspecified atom stereocenters. The number of aromatic amines is 1. The molecule has 6 nitrogen and oxygen atoms in total. The molecule has 1 atom stereocenters. The van der Waals surface area contributed by atoms with Crippen molar-refractivity contribution < 1.29 is 9.53 Å². The summed E-state index contributed by atoms with van der Waals surface area (Å²) in [6.45, 7) is 0. The van der Waals surface area contributed by atoms with E-state index in [1.807, 2.05) is 30.3 Å². The van der Waals surface area contributed by atoms with Crippen molar-refractivity contribution in [3.05, 3.63) is 64.7 Å². The van der Waals surface area contributed by atoms with Crippen molar-refractivity contribution in [3.8, 4) is 0 Å². The molecule has 1 aliphatic rings. The van der Waals surface area contributed by atoms with E-state index in [0.717, 1.165) is 31.2 Å². The van der Waals surface area contributed by atoms with Crippen LogP contribution in [0.5, 0.6) is 0 Å². The molecule has 1 N–H and O–H groups in total. The van der Waals surface area contributed by atoms with Gasteiger partial charge < -0.3 is 4.74 Å². The minimum atomic E-state index is -0.801. The molecule has 0 saturated heterocycles. The molecule has 4 rings (SSSR count). The Morgan fingerprint density at radius 2 is 1.92 bits per heavy atom. The number of hydrogen-bond acceptors (Lipinski definition) is 4. The van der Waals surface area contributed by atoms with Gasteiger partial charge in [-0.05, 0) is 37.3 Å². The van der Waals surface area contributed by atoms with Crippen LogP contribution in [0.15, 0.2) is 53.6 Å². The number of ether oxygens (including phenoxy) is 1. The van der Waals surface area contributed by atoms with Crippen molar-refractivity contribution in [2.75, 3.05) is 0 Å². The number of pyridine rings is 1. The van der Waals surface area contributed by atoms with Crippen LogP contribution in [0.3, 0.4) is 0 Å². The first kappa shape index (κ1) is 16.6. The van der Waals surface area contributed by atoms with Gasteiger partial charge in [0.15, 0.2) is 6.04 Å². The molecule has 2 aromatic heterocycles. The van der Waals surface area contributed by atoms with Gasteiger partial charge in [-0.25, -0.2) is 4.79 Å². The first-order chi connectivity index (χ1) is 12.7. The second-order valence-corrected chi connectivity index (χ2v) is 6.74. The van der Waals surface area contributed by atoms with Gasteiger partial charge in [-0.3, -0.25) is 14.5 Å². The van der Waals surface area contributed by atoms with Gasteiger partial charge in [0.25, 0.3) is 5.56 Å². The van der Waals surface area contributed by atoms with E-state index in [1.54, 1.807) is 12.3 Å². The van der Waals surface area contributed by atoms with Crippen molar-refractivity contribution in [2.45, 2.75) is 44.2 Å². The quantitative estimate of drug-likeness (QED) is 0.732. The van der Waals surface area contributed by atoms with E-state index in [9.17, 15) is 9.59 Å². The van der Waals surface area contributed by atoms with Gasteiger partial charge in [-0.15, -0.1) is 0 Å². The monoisotopic (exact) mass is 351 g/mol. The second kappa shape index (κ2) is 7.15. The second-order valence-electron chi connectivity index (χ2n) is 6.74. The van der Waals surface area contributed by atoms with Crippen LogP contribution in [0.2, 0.25) is 0 Å². The van der Waals surface area contributed by atoms with Gasteiger partial charge in [0, 0.05) is 6.20 Å². The average molecular weight is 351 g/mol. The van der Waals surface area contributed by atoms with Crippen molar-refractivity contribution >= 4 is 16.9 Å². The predicted octanol–water partition coefficient (Wildman–Crippen LogP) is 3.19. The summed E-state index contributed by atoms with van der Waals surface area (Å²) in [7, 11) is 0. The van der Waals surface area contributed by atoms with Crippen molar-refractivity contribution in [3.63, 3.8) is 0 Å². The smallest absolute Gasteiger partial charge is 0.334 e. The number of rotatable bonds is 4. The van der Waals surface area contributed by atoms with Gasteiger partial charge in [-0.1, -0.05) is 36.8 Å². The van der Waals surface area contributed by atoms with E-state index in [-0.39, 0.29) is 17.6 Å². The van der Waals surface area contributed by atoms with E-state index < -0.39 is 6.04 Å². The van der Waals surface area contributed by atoms with Crippen molar-refractivity contribution in [2.24, 2.45) is 0 Å². The topological polar surface area (TPSA) is 77.0 Å². The van der Waals surface area contributed by atoms with E-state index in [4.69, 9.17) is 4.74 Å². The van der Waals surface area contributed by atoms with Gasteiger partial charge in [0.1, 0.15) is 6.10 Å². The molecule has 2 heterocycles. The summed E-state index contributed by atoms with van der Waals surface area (Å²) in [5.41, 5.74) is 1.13. The first-order valence-electron chi connectivity index (χ1n) is 9.04. The van der Waals surface area contributed by atoms with Crippen molar-refractivity contribution in [1.29, 1.82) is 0 Å². The number of carbonyl (C=O) groups excluding carboxylic acids is 1. The molecule has 1 saturated carbocycles. The summed E-state index contributed by atoms with van der Waals surface area (Å²) in [6.07, 6.45) is 8.18. The molecule has 0 spiro atoms. The zero-order valence-electron chi connectivity index (χ0n) is 14.4. The average Bonchev–Trinajstić information content (AvgIpc) is 3.15. The maximum atomic E-state index is 13.0. The fourth-order valence-corrected chi connectivity index (χ4v) is 3.62. The lowest BCUT2D eigenvalue weighted by Crippen LogP contribution is -2.34. The van der Waals surface area contributed by atoms with E-state index in [0.29, 0.717) is 10.9 Å². The van der Waals surface area contributed by atoms with E-state index in [2.05, 4.69) is 10.2 Å². The standard InChI is InChI=1S/C20H21N3O3/c24-19-16-13-21-22-17(16)11-12-23(19)18(14-7-3-1-4-8-14)20(25)26-15-9-5-2-6-10-15/h1,3-4,7-8,11-13,15,18H,2,5-6,9-10H2,(H,21,22). The van der Waals surface area contributed by atoms with Gasteiger partial charge >= 0.3 is 5.97 Å². The fraction of sp³-hybridized carbons (Fsp3) is 0.350. The number of esters is 1. The highest BCUT2D eigenvalue weighted by atomic mass is 16.5. The zero-order chi connectivity index (χ0) is 17.9. The SMILES string of the molecule is O=C(OC1CCCCC1)C(c1ccccc1)n1ccc2[nH]ncc2c1=O. The molecule has 1 fully saturated rings. The summed E-state index contributed by atoms with van der Waals surface area (Å²) >= 11 is 0. The van der Waals surface area contributed by atoms with Crippen LogP contribution in [0.4, 0.5) is 0 Å². The minimum Gasteiger partial charge on any atom is -0.461 e. The van der Waals surface area contributed by atoms with Crippen LogP contribution in [0.25, 0.3) is 10.9 Å². The lowest BCUT2D eigenvalue weighted by molar-refractivity contribution is -0.153. The molecule has 0 amide bonds. The minimum absolute atomic E-state index is 0.0594. The number of carbonyl (C=O) groups is 1. The number of H-pyrrole nitrogens is 1. The zero-order valence-corrected chi connectivity index (χ0v) is 14.4. The molecular weight excluding hydrogens is 330 g/mol. The van der Waals surface area contributed by atoms with Crippen LogP contribution in [0, 0.1) is 0 Å². The molecule has 6 heteroatoms. The van der Waals surface area contributed by atoms with Gasteiger partial charge in [0.05, 0.1) is 17.1 Å². The molecule has 1 aromatic carbocycles. The number of hydrogen-bond donors (Lipinski definition) is 1. The van der Waals surface area contributed by atoms with Crippen LogP contribution >= 0.6 is 0 Å². The van der Waals surface area contributed by atoms with Crippen LogP contribution in [-0.2, 0) is 9.53 Å². The number of benzene rings is 1. The largest absolute Gasteiger partial charge is 0.461 e. The molecule has 0 bridgehead atoms. The Morgan fingerprint density at radius 1 is 1.15 bits per heavy atom. The van der Waals surface area contributed by atoms with Crippen molar-refractivity contribution in [1.82, 2.24) is 14.8 Å². The molecule has 3 aromatic rings. The molecule has 0 aliphatic heterocycles. The highest BCUT2D eigenvalue weighted by Gasteiger charge is 2.28. The third kappa shape index (κ3) is 3.14. The fourth-order valence-electron chi connectivity index (χ4n) is 3.62. The highest BCUT2D eigenvalue weighted by Crippen LogP contribution is 2.25. The Morgan fingerprint density at radius 3 is 2.69 bits per heavy atom. The molecule has 1 aliphatic carbocycles. The third-order valence-electron chi connectivity index (χ3n) is 4.99. The van der Waals surface area contributed by atoms with Crippen LogP contribution < -0.4 is 5.56 Å². The Kier molecular flexibility index (Phi) is 4.56. The first-order valence-corrected chi connectivity index (χ1v) is 9.04. The molecular formula is C20H21N3O3. The number of aromatic nitrogens is 3. The Labute approximate surface area is 150 Å². The van der Waals surface area contributed by atoms with Gasteiger partial charge in [-0.2, -0.15) is 5.10 Å². The summed E-state index contributed by atoms with van der Waals surface area (Å²) in [5.74, 6) is -0.381. The summed E-state index contributed by atoms with van der Waals surface area (Å²) < 4.78 is 7.23. The van der Waals surface area contributed by atoms with Gasteiger partial charge in [0.2, 0.25) is 0 Å². The lowest BCUT2D eigenvalue weighted by atomic mass is 9.97. The summed E-state index contributed by atoms with van der Waals surface area (Å²) in [5, 5.41) is 7.16. The lowest BCUT2D eigenvalue weighted by Gasteiger charge is -2.25. The maximum absolute atomic E-state index is 13.0. The van der Waals surface area contributed by atoms with Crippen LogP contribution in [0.1, 0.15) is 43.7 Å².